The summed E-state index contributed by atoms with van der Waals surface area (Å²) in [5, 5.41) is 5.14. The molecule has 0 radical (unpaired) electrons. The maximum Gasteiger partial charge on any atom is 0.130 e. The van der Waals surface area contributed by atoms with Crippen molar-refractivity contribution in [3.05, 3.63) is 46.2 Å². The maximum absolute atomic E-state index is 6.12. The summed E-state index contributed by atoms with van der Waals surface area (Å²) in [7, 11) is 0. The summed E-state index contributed by atoms with van der Waals surface area (Å²) in [5.41, 5.74) is 8.66. The Morgan fingerprint density at radius 2 is 2.10 bits per heavy atom. The first-order valence-electron chi connectivity index (χ1n) is 6.84. The number of aromatic nitrogens is 2. The van der Waals surface area contributed by atoms with Crippen LogP contribution in [0.5, 0.6) is 5.75 Å². The molecule has 1 aromatic heterocycles. The summed E-state index contributed by atoms with van der Waals surface area (Å²) in [6.07, 6.45) is 0.928. The molecule has 108 valence electrons. The minimum absolute atomic E-state index is 0.432. The van der Waals surface area contributed by atoms with Gasteiger partial charge in [0.25, 0.3) is 0 Å². The predicted molar refractivity (Wildman–Crippen MR) is 81.0 cm³/mol. The number of nitrogens with zero attached hydrogens (tertiary/aromatic N) is 2. The van der Waals surface area contributed by atoms with E-state index in [0.29, 0.717) is 18.2 Å². The number of halogens is 1. The molecule has 4 nitrogen and oxygen atoms in total. The van der Waals surface area contributed by atoms with Gasteiger partial charge in [-0.15, -0.1) is 0 Å². The molecule has 0 saturated heterocycles. The van der Waals surface area contributed by atoms with Crippen LogP contribution in [0.15, 0.2) is 24.3 Å². The van der Waals surface area contributed by atoms with Crippen LogP contribution in [0.1, 0.15) is 30.8 Å². The number of hydrogen-bond acceptors (Lipinski definition) is 3. The summed E-state index contributed by atoms with van der Waals surface area (Å²) >= 11 is 6.12. The molecule has 2 aromatic rings. The van der Waals surface area contributed by atoms with E-state index in [9.17, 15) is 0 Å². The van der Waals surface area contributed by atoms with Gasteiger partial charge < -0.3 is 10.5 Å². The minimum atomic E-state index is 0.432. The van der Waals surface area contributed by atoms with Crippen LogP contribution < -0.4 is 10.5 Å². The van der Waals surface area contributed by atoms with Gasteiger partial charge in [-0.1, -0.05) is 24.6 Å². The highest BCUT2D eigenvalue weighted by Gasteiger charge is 2.07. The van der Waals surface area contributed by atoms with Crippen molar-refractivity contribution >= 4 is 11.6 Å². The summed E-state index contributed by atoms with van der Waals surface area (Å²) in [4.78, 5) is 0. The van der Waals surface area contributed by atoms with Gasteiger partial charge in [0.15, 0.2) is 0 Å². The van der Waals surface area contributed by atoms with Gasteiger partial charge >= 0.3 is 0 Å². The van der Waals surface area contributed by atoms with E-state index in [1.807, 2.05) is 16.8 Å². The summed E-state index contributed by atoms with van der Waals surface area (Å²) in [6, 6.07) is 7.67. The predicted octanol–water partition coefficient (Wildman–Crippen LogP) is 3.16. The second-order valence-corrected chi connectivity index (χ2v) is 4.95. The summed E-state index contributed by atoms with van der Waals surface area (Å²) in [6.45, 7) is 5.92. The van der Waals surface area contributed by atoms with Gasteiger partial charge in [0, 0.05) is 18.1 Å². The Labute approximate surface area is 124 Å². The van der Waals surface area contributed by atoms with Crippen LogP contribution in [0.4, 0.5) is 0 Å². The van der Waals surface area contributed by atoms with Crippen molar-refractivity contribution in [3.8, 4) is 5.75 Å². The highest BCUT2D eigenvalue weighted by Crippen LogP contribution is 2.23. The Bertz CT molecular complexity index is 580. The number of ether oxygens (including phenoxy) is 1. The van der Waals surface area contributed by atoms with Crippen molar-refractivity contribution in [3.63, 3.8) is 0 Å². The van der Waals surface area contributed by atoms with E-state index in [4.69, 9.17) is 22.1 Å². The molecule has 1 heterocycles. The topological polar surface area (TPSA) is 53.1 Å². The fraction of sp³-hybridized carbons (Fsp3) is 0.400. The Hall–Kier alpha value is -1.52. The molecule has 0 amide bonds. The SMILES string of the molecule is CCc1cc(COc2ccc(CN)c(Cl)c2)n(CC)n1. The first kappa shape index (κ1) is 14.9. The lowest BCUT2D eigenvalue weighted by molar-refractivity contribution is 0.292. The van der Waals surface area contributed by atoms with Gasteiger partial charge in [0.1, 0.15) is 12.4 Å². The second-order valence-electron chi connectivity index (χ2n) is 4.54. The molecule has 2 rings (SSSR count). The zero-order valence-corrected chi connectivity index (χ0v) is 12.7. The molecule has 2 N–H and O–H groups in total. The lowest BCUT2D eigenvalue weighted by atomic mass is 10.2. The molecule has 0 aliphatic carbocycles. The lowest BCUT2D eigenvalue weighted by Crippen LogP contribution is -2.06. The normalized spacial score (nSPS) is 10.8. The van der Waals surface area contributed by atoms with Crippen LogP contribution in [0.2, 0.25) is 5.02 Å². The number of nitrogens with two attached hydrogens (primary N) is 1. The molecule has 0 aliphatic rings. The largest absolute Gasteiger partial charge is 0.487 e. The second kappa shape index (κ2) is 6.77. The smallest absolute Gasteiger partial charge is 0.130 e. The molecule has 0 saturated carbocycles. The molecule has 0 aliphatic heterocycles. The molecule has 5 heteroatoms. The fourth-order valence-corrected chi connectivity index (χ4v) is 2.27. The van der Waals surface area contributed by atoms with Gasteiger partial charge in [-0.2, -0.15) is 5.10 Å². The van der Waals surface area contributed by atoms with Gasteiger partial charge in [0.2, 0.25) is 0 Å². The van der Waals surface area contributed by atoms with E-state index in [2.05, 4.69) is 25.0 Å². The molecule has 0 spiro atoms. The van der Waals surface area contributed by atoms with Crippen molar-refractivity contribution in [2.75, 3.05) is 0 Å². The van der Waals surface area contributed by atoms with Crippen molar-refractivity contribution < 1.29 is 4.74 Å². The Morgan fingerprint density at radius 3 is 2.70 bits per heavy atom. The molecule has 0 bridgehead atoms. The fourth-order valence-electron chi connectivity index (χ4n) is 2.02. The van der Waals surface area contributed by atoms with E-state index < -0.39 is 0 Å². The number of aryl methyl sites for hydroxylation is 2. The Balaban J connectivity index is 2.08. The third-order valence-corrected chi connectivity index (χ3v) is 3.56. The minimum Gasteiger partial charge on any atom is -0.487 e. The standard InChI is InChI=1S/C15H20ClN3O/c1-3-12-7-13(19(4-2)18-12)10-20-14-6-5-11(9-17)15(16)8-14/h5-8H,3-4,9-10,17H2,1-2H3. The molecular formula is C15H20ClN3O. The van der Waals surface area contributed by atoms with Gasteiger partial charge in [-0.25, -0.2) is 0 Å². The van der Waals surface area contributed by atoms with Crippen molar-refractivity contribution in [2.45, 2.75) is 40.0 Å². The number of rotatable bonds is 6. The highest BCUT2D eigenvalue weighted by atomic mass is 35.5. The Morgan fingerprint density at radius 1 is 1.30 bits per heavy atom. The lowest BCUT2D eigenvalue weighted by Gasteiger charge is -2.09. The van der Waals surface area contributed by atoms with E-state index >= 15 is 0 Å². The Kier molecular flexibility index (Phi) is 5.04. The molecule has 0 fully saturated rings. The first-order valence-corrected chi connectivity index (χ1v) is 7.22. The molecule has 0 atom stereocenters. The van der Waals surface area contributed by atoms with Crippen LogP contribution in [0, 0.1) is 0 Å². The quantitative estimate of drug-likeness (QED) is 0.890. The summed E-state index contributed by atoms with van der Waals surface area (Å²) in [5.74, 6) is 0.745. The number of benzene rings is 1. The monoisotopic (exact) mass is 293 g/mol. The van der Waals surface area contributed by atoms with Crippen molar-refractivity contribution in [1.29, 1.82) is 0 Å². The molecule has 20 heavy (non-hydrogen) atoms. The average Bonchev–Trinajstić information content (AvgIpc) is 2.87. The van der Waals surface area contributed by atoms with Crippen LogP contribution in [0.25, 0.3) is 0 Å². The van der Waals surface area contributed by atoms with E-state index in [-0.39, 0.29) is 0 Å². The summed E-state index contributed by atoms with van der Waals surface area (Å²) < 4.78 is 7.75. The van der Waals surface area contributed by atoms with Crippen LogP contribution in [0.3, 0.4) is 0 Å². The van der Waals surface area contributed by atoms with E-state index in [0.717, 1.165) is 35.7 Å². The third-order valence-electron chi connectivity index (χ3n) is 3.21. The zero-order chi connectivity index (χ0) is 14.5. The van der Waals surface area contributed by atoms with E-state index in [1.54, 1.807) is 6.07 Å². The van der Waals surface area contributed by atoms with Gasteiger partial charge in [-0.3, -0.25) is 4.68 Å². The zero-order valence-electron chi connectivity index (χ0n) is 11.9. The molecule has 0 unspecified atom stereocenters. The maximum atomic E-state index is 6.12. The highest BCUT2D eigenvalue weighted by molar-refractivity contribution is 6.31. The molecular weight excluding hydrogens is 274 g/mol. The molecule has 1 aromatic carbocycles. The van der Waals surface area contributed by atoms with Gasteiger partial charge in [-0.05, 0) is 37.1 Å². The number of hydrogen-bond donors (Lipinski definition) is 1. The average molecular weight is 294 g/mol. The first-order chi connectivity index (χ1) is 9.67. The van der Waals surface area contributed by atoms with E-state index in [1.165, 1.54) is 0 Å². The van der Waals surface area contributed by atoms with Gasteiger partial charge in [0.05, 0.1) is 11.4 Å². The van der Waals surface area contributed by atoms with Crippen LogP contribution in [-0.4, -0.2) is 9.78 Å². The van der Waals surface area contributed by atoms with Crippen molar-refractivity contribution in [2.24, 2.45) is 5.73 Å². The van der Waals surface area contributed by atoms with Crippen molar-refractivity contribution in [1.82, 2.24) is 9.78 Å². The third kappa shape index (κ3) is 3.32. The van der Waals surface area contributed by atoms with Crippen LogP contribution in [-0.2, 0) is 26.1 Å². The van der Waals surface area contributed by atoms with Crippen LogP contribution >= 0.6 is 11.6 Å².